The Morgan fingerprint density at radius 3 is 2.65 bits per heavy atom. The molecule has 0 saturated heterocycles. The number of rotatable bonds is 3. The zero-order valence-electron chi connectivity index (χ0n) is 12.0. The second-order valence-corrected chi connectivity index (χ2v) is 6.15. The molecule has 1 N–H and O–H groups in total. The quantitative estimate of drug-likeness (QED) is 0.945. The number of nitrogens with zero attached hydrogens (tertiary/aromatic N) is 3. The van der Waals surface area contributed by atoms with Gasteiger partial charge in [0.25, 0.3) is 0 Å². The van der Waals surface area contributed by atoms with Crippen LogP contribution in [0.1, 0.15) is 32.0 Å². The van der Waals surface area contributed by atoms with Gasteiger partial charge in [0.15, 0.2) is 5.82 Å². The van der Waals surface area contributed by atoms with Gasteiger partial charge in [-0.25, -0.2) is 14.1 Å². The van der Waals surface area contributed by atoms with E-state index in [0.717, 1.165) is 5.56 Å². The van der Waals surface area contributed by atoms with E-state index in [1.54, 1.807) is 10.9 Å². The molecule has 0 saturated carbocycles. The highest BCUT2D eigenvalue weighted by molar-refractivity contribution is 6.31. The van der Waals surface area contributed by atoms with Crippen LogP contribution < -0.4 is 5.32 Å². The van der Waals surface area contributed by atoms with Gasteiger partial charge in [0.2, 0.25) is 0 Å². The number of aromatic nitrogens is 3. The van der Waals surface area contributed by atoms with Crippen molar-refractivity contribution in [3.8, 4) is 5.82 Å². The number of hydrogen-bond donors (Lipinski definition) is 1. The van der Waals surface area contributed by atoms with Gasteiger partial charge in [-0.15, -0.1) is 0 Å². The fourth-order valence-corrected chi connectivity index (χ4v) is 1.85. The summed E-state index contributed by atoms with van der Waals surface area (Å²) in [6.45, 7) is 8.46. The van der Waals surface area contributed by atoms with Gasteiger partial charge < -0.3 is 5.32 Å². The average molecular weight is 297 g/mol. The predicted octanol–water partition coefficient (Wildman–Crippen LogP) is 3.26. The molecule has 0 bridgehead atoms. The minimum Gasteiger partial charge on any atom is -0.308 e. The molecule has 0 aliphatic rings. The Bertz CT molecular complexity index is 597. The zero-order valence-corrected chi connectivity index (χ0v) is 12.8. The van der Waals surface area contributed by atoms with Crippen molar-refractivity contribution in [1.29, 1.82) is 0 Å². The highest BCUT2D eigenvalue weighted by Gasteiger charge is 2.14. The van der Waals surface area contributed by atoms with E-state index in [0.29, 0.717) is 23.1 Å². The molecule has 2 heterocycles. The number of nitrogens with one attached hydrogen (secondary N) is 1. The maximum atomic E-state index is 13.4. The van der Waals surface area contributed by atoms with Crippen molar-refractivity contribution in [2.45, 2.75) is 39.8 Å². The van der Waals surface area contributed by atoms with E-state index >= 15 is 0 Å². The third kappa shape index (κ3) is 3.55. The molecule has 0 atom stereocenters. The molecule has 4 nitrogen and oxygen atoms in total. The molecule has 108 valence electrons. The van der Waals surface area contributed by atoms with Crippen LogP contribution in [0.3, 0.4) is 0 Å². The Morgan fingerprint density at radius 1 is 1.40 bits per heavy atom. The lowest BCUT2D eigenvalue weighted by molar-refractivity contribution is 0.422. The summed E-state index contributed by atoms with van der Waals surface area (Å²) in [5, 5.41) is 8.16. The molecule has 0 aliphatic carbocycles. The van der Waals surface area contributed by atoms with Crippen LogP contribution >= 0.6 is 11.6 Å². The molecule has 0 spiro atoms. The van der Waals surface area contributed by atoms with Crippen LogP contribution in [-0.2, 0) is 6.54 Å². The minimum atomic E-state index is -0.366. The Kier molecular flexibility index (Phi) is 4.11. The van der Waals surface area contributed by atoms with E-state index in [4.69, 9.17) is 11.6 Å². The summed E-state index contributed by atoms with van der Waals surface area (Å²) >= 11 is 6.01. The maximum absolute atomic E-state index is 13.4. The summed E-state index contributed by atoms with van der Waals surface area (Å²) in [4.78, 5) is 4.13. The van der Waals surface area contributed by atoms with Gasteiger partial charge in [-0.3, -0.25) is 0 Å². The van der Waals surface area contributed by atoms with E-state index in [1.165, 1.54) is 12.3 Å². The van der Waals surface area contributed by atoms with Crippen molar-refractivity contribution in [2.75, 3.05) is 0 Å². The predicted molar refractivity (Wildman–Crippen MR) is 77.7 cm³/mol. The van der Waals surface area contributed by atoms with Crippen molar-refractivity contribution in [3.05, 3.63) is 40.6 Å². The first kappa shape index (κ1) is 14.9. The molecular weight excluding hydrogens is 279 g/mol. The monoisotopic (exact) mass is 296 g/mol. The first-order valence-corrected chi connectivity index (χ1v) is 6.75. The summed E-state index contributed by atoms with van der Waals surface area (Å²) in [6, 6.07) is 1.46. The average Bonchev–Trinajstić information content (AvgIpc) is 2.66. The number of aryl methyl sites for hydroxylation is 1. The molecule has 2 aromatic rings. The fraction of sp³-hybridized carbons (Fsp3) is 0.429. The van der Waals surface area contributed by atoms with Crippen LogP contribution in [0.15, 0.2) is 18.5 Å². The van der Waals surface area contributed by atoms with Gasteiger partial charge in [-0.1, -0.05) is 11.6 Å². The van der Waals surface area contributed by atoms with Crippen LogP contribution in [0.5, 0.6) is 0 Å². The van der Waals surface area contributed by atoms with Crippen LogP contribution in [0.4, 0.5) is 4.39 Å². The zero-order chi connectivity index (χ0) is 14.9. The number of hydrogen-bond acceptors (Lipinski definition) is 3. The summed E-state index contributed by atoms with van der Waals surface area (Å²) in [5.41, 5.74) is 1.38. The molecule has 2 aromatic heterocycles. The van der Waals surface area contributed by atoms with E-state index in [-0.39, 0.29) is 11.4 Å². The van der Waals surface area contributed by atoms with E-state index < -0.39 is 0 Å². The summed E-state index contributed by atoms with van der Waals surface area (Å²) in [7, 11) is 0. The van der Waals surface area contributed by atoms with Crippen molar-refractivity contribution in [2.24, 2.45) is 0 Å². The standard InChI is InChI=1S/C14H18ClFN4/c1-9-12(15)8-20(19-9)13-10(5-11(16)7-17-13)6-18-14(2,3)4/h5,7-8,18H,6H2,1-4H3. The highest BCUT2D eigenvalue weighted by atomic mass is 35.5. The number of halogens is 2. The molecule has 0 aliphatic heterocycles. The van der Waals surface area contributed by atoms with E-state index in [1.807, 2.05) is 27.7 Å². The van der Waals surface area contributed by atoms with E-state index in [9.17, 15) is 4.39 Å². The van der Waals surface area contributed by atoms with Gasteiger partial charge in [-0.2, -0.15) is 5.10 Å². The SMILES string of the molecule is Cc1nn(-c2ncc(F)cc2CNC(C)(C)C)cc1Cl. The molecule has 0 aromatic carbocycles. The Balaban J connectivity index is 2.37. The Labute approximate surface area is 123 Å². The molecule has 20 heavy (non-hydrogen) atoms. The van der Waals surface area contributed by atoms with Crippen LogP contribution in [-0.4, -0.2) is 20.3 Å². The summed E-state index contributed by atoms with van der Waals surface area (Å²) < 4.78 is 15.0. The molecule has 2 rings (SSSR count). The fourth-order valence-electron chi connectivity index (χ4n) is 1.72. The van der Waals surface area contributed by atoms with Crippen LogP contribution in [0.2, 0.25) is 5.02 Å². The summed E-state index contributed by atoms with van der Waals surface area (Å²) in [5.74, 6) is 0.215. The largest absolute Gasteiger partial charge is 0.308 e. The van der Waals surface area contributed by atoms with Crippen molar-refractivity contribution in [1.82, 2.24) is 20.1 Å². The molecule has 0 unspecified atom stereocenters. The lowest BCUT2D eigenvalue weighted by Crippen LogP contribution is -2.35. The molecule has 0 fully saturated rings. The third-order valence-electron chi connectivity index (χ3n) is 2.77. The van der Waals surface area contributed by atoms with Gasteiger partial charge in [0.1, 0.15) is 5.82 Å². The molecule has 6 heteroatoms. The van der Waals surface area contributed by atoms with Crippen molar-refractivity contribution in [3.63, 3.8) is 0 Å². The topological polar surface area (TPSA) is 42.7 Å². The minimum absolute atomic E-state index is 0.0682. The molecule has 0 amide bonds. The van der Waals surface area contributed by atoms with Gasteiger partial charge in [0.05, 0.1) is 23.1 Å². The first-order chi connectivity index (χ1) is 9.26. The second-order valence-electron chi connectivity index (χ2n) is 5.75. The molecule has 0 radical (unpaired) electrons. The second kappa shape index (κ2) is 5.50. The third-order valence-corrected chi connectivity index (χ3v) is 3.15. The lowest BCUT2D eigenvalue weighted by atomic mass is 10.1. The first-order valence-electron chi connectivity index (χ1n) is 6.38. The molecular formula is C14H18ClFN4. The van der Waals surface area contributed by atoms with Crippen molar-refractivity contribution < 1.29 is 4.39 Å². The van der Waals surface area contributed by atoms with E-state index in [2.05, 4.69) is 15.4 Å². The summed E-state index contributed by atoms with van der Waals surface area (Å²) in [6.07, 6.45) is 2.86. The number of pyridine rings is 1. The van der Waals surface area contributed by atoms with Crippen LogP contribution in [0, 0.1) is 12.7 Å². The smallest absolute Gasteiger partial charge is 0.158 e. The van der Waals surface area contributed by atoms with Crippen molar-refractivity contribution >= 4 is 11.6 Å². The Hall–Kier alpha value is -1.46. The lowest BCUT2D eigenvalue weighted by Gasteiger charge is -2.21. The van der Waals surface area contributed by atoms with Gasteiger partial charge in [0, 0.05) is 17.6 Å². The highest BCUT2D eigenvalue weighted by Crippen LogP contribution is 2.19. The maximum Gasteiger partial charge on any atom is 0.158 e. The normalized spacial score (nSPS) is 11.9. The van der Waals surface area contributed by atoms with Gasteiger partial charge >= 0.3 is 0 Å². The van der Waals surface area contributed by atoms with Crippen LogP contribution in [0.25, 0.3) is 5.82 Å². The Morgan fingerprint density at radius 2 is 2.10 bits per heavy atom. The van der Waals surface area contributed by atoms with Gasteiger partial charge in [-0.05, 0) is 33.8 Å².